The number of benzene rings is 1. The molecule has 0 aliphatic heterocycles. The van der Waals surface area contributed by atoms with Crippen LogP contribution in [0.1, 0.15) is 67.9 Å². The standard InChI is InChI=1S/C28H43NO11/c1-17(2)37-26(34)38-18(3)14-29-20(23(30)31)12-19-10-11-21(39-24(32)35-15-27(4,5)6)22(13-19)40-25(33)36-16-28(7,8)9/h10-11,13,17-18,20,29H,12,14-16H2,1-9H3,(H,30,31)/t18?,20-/m0/s1. The fraction of sp³-hybridized carbons (Fsp3) is 0.643. The molecular formula is C28H43NO11. The first-order valence-corrected chi connectivity index (χ1v) is 13.0. The molecule has 226 valence electrons. The van der Waals surface area contributed by atoms with Crippen molar-refractivity contribution in [2.75, 3.05) is 19.8 Å². The largest absolute Gasteiger partial charge is 0.513 e. The summed E-state index contributed by atoms with van der Waals surface area (Å²) in [6, 6.07) is 3.18. The Bertz CT molecular complexity index is 1010. The Morgan fingerprint density at radius 3 is 1.80 bits per heavy atom. The van der Waals surface area contributed by atoms with E-state index in [1.54, 1.807) is 20.8 Å². The van der Waals surface area contributed by atoms with Gasteiger partial charge in [0.05, 0.1) is 19.3 Å². The third-order valence-electron chi connectivity index (χ3n) is 4.66. The summed E-state index contributed by atoms with van der Waals surface area (Å²) in [5.74, 6) is -1.42. The number of carbonyl (C=O) groups excluding carboxylic acids is 3. The molecule has 1 unspecified atom stereocenters. The normalized spacial score (nSPS) is 13.2. The van der Waals surface area contributed by atoms with Gasteiger partial charge in [0, 0.05) is 6.54 Å². The monoisotopic (exact) mass is 569 g/mol. The van der Waals surface area contributed by atoms with Crippen LogP contribution in [-0.2, 0) is 30.2 Å². The zero-order valence-corrected chi connectivity index (χ0v) is 24.8. The molecule has 0 spiro atoms. The highest BCUT2D eigenvalue weighted by molar-refractivity contribution is 5.74. The first kappa shape index (κ1) is 34.5. The van der Waals surface area contributed by atoms with E-state index >= 15 is 0 Å². The number of carbonyl (C=O) groups is 4. The fourth-order valence-corrected chi connectivity index (χ4v) is 2.85. The van der Waals surface area contributed by atoms with Crippen LogP contribution >= 0.6 is 0 Å². The first-order valence-electron chi connectivity index (χ1n) is 13.0. The third kappa shape index (κ3) is 15.2. The fourth-order valence-electron chi connectivity index (χ4n) is 2.85. The maximum absolute atomic E-state index is 12.4. The molecule has 12 nitrogen and oxygen atoms in total. The van der Waals surface area contributed by atoms with Gasteiger partial charge in [-0.1, -0.05) is 47.6 Å². The Labute approximate surface area is 235 Å². The van der Waals surface area contributed by atoms with E-state index < -0.39 is 36.6 Å². The summed E-state index contributed by atoms with van der Waals surface area (Å²) in [7, 11) is 0. The molecule has 40 heavy (non-hydrogen) atoms. The van der Waals surface area contributed by atoms with Crippen LogP contribution in [-0.4, -0.2) is 67.6 Å². The molecule has 0 saturated heterocycles. The summed E-state index contributed by atoms with van der Waals surface area (Å²) in [6.07, 6.45) is -3.93. The number of nitrogens with one attached hydrogen (secondary N) is 1. The minimum absolute atomic E-state index is 0.0352. The lowest BCUT2D eigenvalue weighted by Gasteiger charge is -2.20. The van der Waals surface area contributed by atoms with Crippen LogP contribution in [0.4, 0.5) is 14.4 Å². The van der Waals surface area contributed by atoms with Crippen LogP contribution in [0.25, 0.3) is 0 Å². The van der Waals surface area contributed by atoms with Gasteiger partial charge < -0.3 is 38.8 Å². The van der Waals surface area contributed by atoms with Crippen molar-refractivity contribution in [3.05, 3.63) is 23.8 Å². The van der Waals surface area contributed by atoms with Crippen molar-refractivity contribution in [2.45, 2.75) is 87.0 Å². The molecule has 1 aromatic carbocycles. The van der Waals surface area contributed by atoms with Gasteiger partial charge in [-0.25, -0.2) is 14.4 Å². The second kappa shape index (κ2) is 15.3. The minimum Gasteiger partial charge on any atom is -0.480 e. The van der Waals surface area contributed by atoms with Gasteiger partial charge in [-0.05, 0) is 55.7 Å². The zero-order chi connectivity index (χ0) is 30.7. The molecule has 0 aliphatic rings. The number of aliphatic carboxylic acids is 1. The van der Waals surface area contributed by atoms with Crippen LogP contribution in [0, 0.1) is 10.8 Å². The molecule has 0 aliphatic carbocycles. The van der Waals surface area contributed by atoms with Crippen LogP contribution in [0.2, 0.25) is 0 Å². The summed E-state index contributed by atoms with van der Waals surface area (Å²) in [5, 5.41) is 12.6. The quantitative estimate of drug-likeness (QED) is 0.189. The Hall–Kier alpha value is -3.54. The van der Waals surface area contributed by atoms with E-state index in [1.165, 1.54) is 18.2 Å². The zero-order valence-electron chi connectivity index (χ0n) is 24.8. The lowest BCUT2D eigenvalue weighted by atomic mass is 9.99. The Kier molecular flexibility index (Phi) is 13.2. The molecule has 0 fully saturated rings. The van der Waals surface area contributed by atoms with Gasteiger partial charge in [0.15, 0.2) is 11.5 Å². The first-order chi connectivity index (χ1) is 18.3. The van der Waals surface area contributed by atoms with Crippen molar-refractivity contribution < 1.29 is 52.7 Å². The van der Waals surface area contributed by atoms with E-state index in [2.05, 4.69) is 5.32 Å². The van der Waals surface area contributed by atoms with Crippen molar-refractivity contribution in [1.82, 2.24) is 5.32 Å². The maximum Gasteiger partial charge on any atom is 0.513 e. The molecule has 2 atom stereocenters. The van der Waals surface area contributed by atoms with Gasteiger partial charge in [0.1, 0.15) is 12.1 Å². The predicted molar refractivity (Wildman–Crippen MR) is 145 cm³/mol. The van der Waals surface area contributed by atoms with E-state index in [1.807, 2.05) is 41.5 Å². The topological polar surface area (TPSA) is 156 Å². The van der Waals surface area contributed by atoms with Gasteiger partial charge in [-0.2, -0.15) is 0 Å². The lowest BCUT2D eigenvalue weighted by molar-refractivity contribution is -0.139. The second-order valence-corrected chi connectivity index (χ2v) is 12.0. The number of hydrogen-bond acceptors (Lipinski definition) is 11. The highest BCUT2D eigenvalue weighted by atomic mass is 16.7. The molecule has 1 aromatic rings. The van der Waals surface area contributed by atoms with Crippen LogP contribution in [0.5, 0.6) is 11.5 Å². The summed E-state index contributed by atoms with van der Waals surface area (Å²) in [4.78, 5) is 48.2. The Morgan fingerprint density at radius 1 is 0.800 bits per heavy atom. The van der Waals surface area contributed by atoms with Crippen LogP contribution in [0.3, 0.4) is 0 Å². The highest BCUT2D eigenvalue weighted by Gasteiger charge is 2.24. The van der Waals surface area contributed by atoms with E-state index in [4.69, 9.17) is 28.4 Å². The van der Waals surface area contributed by atoms with Crippen molar-refractivity contribution in [3.8, 4) is 11.5 Å². The van der Waals surface area contributed by atoms with Gasteiger partial charge in [-0.15, -0.1) is 0 Å². The van der Waals surface area contributed by atoms with Gasteiger partial charge in [0.25, 0.3) is 0 Å². The smallest absolute Gasteiger partial charge is 0.480 e. The Morgan fingerprint density at radius 2 is 1.32 bits per heavy atom. The summed E-state index contributed by atoms with van der Waals surface area (Å²) < 4.78 is 30.9. The van der Waals surface area contributed by atoms with E-state index in [-0.39, 0.29) is 54.6 Å². The third-order valence-corrected chi connectivity index (χ3v) is 4.66. The van der Waals surface area contributed by atoms with E-state index in [0.29, 0.717) is 5.56 Å². The van der Waals surface area contributed by atoms with E-state index in [9.17, 15) is 24.3 Å². The summed E-state index contributed by atoms with van der Waals surface area (Å²) in [5.41, 5.74) is -0.166. The van der Waals surface area contributed by atoms with Crippen molar-refractivity contribution in [3.63, 3.8) is 0 Å². The maximum atomic E-state index is 12.4. The van der Waals surface area contributed by atoms with E-state index in [0.717, 1.165) is 0 Å². The Balaban J connectivity index is 3.03. The lowest BCUT2D eigenvalue weighted by Crippen LogP contribution is -2.42. The average Bonchev–Trinajstić information content (AvgIpc) is 2.79. The summed E-state index contributed by atoms with van der Waals surface area (Å²) in [6.45, 7) is 16.4. The predicted octanol–water partition coefficient (Wildman–Crippen LogP) is 5.35. The number of carboxylic acid groups (broad SMARTS) is 1. The second-order valence-electron chi connectivity index (χ2n) is 12.0. The molecule has 2 N–H and O–H groups in total. The molecule has 0 amide bonds. The summed E-state index contributed by atoms with van der Waals surface area (Å²) >= 11 is 0. The minimum atomic E-state index is -1.16. The molecule has 0 saturated carbocycles. The van der Waals surface area contributed by atoms with Crippen LogP contribution < -0.4 is 14.8 Å². The molecule has 0 heterocycles. The number of rotatable bonds is 12. The number of ether oxygens (including phenoxy) is 6. The average molecular weight is 570 g/mol. The molecule has 0 bridgehead atoms. The van der Waals surface area contributed by atoms with Crippen molar-refractivity contribution >= 4 is 24.4 Å². The van der Waals surface area contributed by atoms with Crippen LogP contribution in [0.15, 0.2) is 18.2 Å². The number of hydrogen-bond donors (Lipinski definition) is 2. The van der Waals surface area contributed by atoms with Gasteiger partial charge in [0.2, 0.25) is 0 Å². The highest BCUT2D eigenvalue weighted by Crippen LogP contribution is 2.30. The molecule has 0 aromatic heterocycles. The number of carboxylic acids is 1. The molecular weight excluding hydrogens is 526 g/mol. The molecule has 1 rings (SSSR count). The SMILES string of the molecule is CC(C)OC(=O)OC(C)CN[C@@H](Cc1ccc(OC(=O)OCC(C)(C)C)c(OC(=O)OCC(C)(C)C)c1)C(=O)O. The molecule has 0 radical (unpaired) electrons. The van der Waals surface area contributed by atoms with Gasteiger partial charge in [-0.3, -0.25) is 4.79 Å². The van der Waals surface area contributed by atoms with Crippen molar-refractivity contribution in [2.24, 2.45) is 10.8 Å². The van der Waals surface area contributed by atoms with Crippen molar-refractivity contribution in [1.29, 1.82) is 0 Å². The molecule has 12 heteroatoms. The van der Waals surface area contributed by atoms with Gasteiger partial charge >= 0.3 is 24.4 Å².